The second-order valence-electron chi connectivity index (χ2n) is 3.92. The Morgan fingerprint density at radius 2 is 2.19 bits per heavy atom. The molecule has 0 bridgehead atoms. The predicted molar refractivity (Wildman–Crippen MR) is 59.7 cm³/mol. The lowest BCUT2D eigenvalue weighted by Gasteiger charge is -2.14. The van der Waals surface area contributed by atoms with Crippen molar-refractivity contribution in [3.05, 3.63) is 28.8 Å². The third-order valence-corrected chi connectivity index (χ3v) is 2.83. The van der Waals surface area contributed by atoms with E-state index in [2.05, 4.69) is 5.32 Å². The standard InChI is InChI=1S/C11H12ClNO3/c12-8-5-6(1-4-9(8)14)10(11(15)16)13-7-2-3-7/h1,4-5,7,10,13-14H,2-3H2,(H,15,16). The SMILES string of the molecule is O=C(O)C(NC1CC1)c1ccc(O)c(Cl)c1. The Balaban J connectivity index is 2.22. The average Bonchev–Trinajstić information content (AvgIpc) is 3.02. The number of rotatable bonds is 4. The van der Waals surface area contributed by atoms with Gasteiger partial charge in [0.15, 0.2) is 0 Å². The molecule has 16 heavy (non-hydrogen) atoms. The monoisotopic (exact) mass is 241 g/mol. The molecule has 0 amide bonds. The molecule has 1 aromatic carbocycles. The van der Waals surface area contributed by atoms with Gasteiger partial charge >= 0.3 is 5.97 Å². The number of aromatic hydroxyl groups is 1. The highest BCUT2D eigenvalue weighted by Gasteiger charge is 2.29. The van der Waals surface area contributed by atoms with E-state index in [4.69, 9.17) is 16.7 Å². The number of carbonyl (C=O) groups is 1. The summed E-state index contributed by atoms with van der Waals surface area (Å²) in [6, 6.07) is 3.97. The number of halogens is 1. The molecule has 86 valence electrons. The van der Waals surface area contributed by atoms with Crippen molar-refractivity contribution in [2.75, 3.05) is 0 Å². The first-order valence-corrected chi connectivity index (χ1v) is 5.43. The Bertz CT molecular complexity index is 418. The van der Waals surface area contributed by atoms with E-state index in [0.717, 1.165) is 12.8 Å². The zero-order valence-corrected chi connectivity index (χ0v) is 9.24. The highest BCUT2D eigenvalue weighted by Crippen LogP contribution is 2.29. The van der Waals surface area contributed by atoms with Crippen LogP contribution in [-0.2, 0) is 4.79 Å². The van der Waals surface area contributed by atoms with Crippen LogP contribution in [0.4, 0.5) is 0 Å². The largest absolute Gasteiger partial charge is 0.506 e. The second-order valence-corrected chi connectivity index (χ2v) is 4.33. The van der Waals surface area contributed by atoms with Crippen LogP contribution in [0, 0.1) is 0 Å². The van der Waals surface area contributed by atoms with Gasteiger partial charge in [0.25, 0.3) is 0 Å². The first kappa shape index (κ1) is 11.2. The van der Waals surface area contributed by atoms with Crippen LogP contribution < -0.4 is 5.32 Å². The molecule has 0 aromatic heterocycles. The van der Waals surface area contributed by atoms with Gasteiger partial charge in [0, 0.05) is 6.04 Å². The number of benzene rings is 1. The molecule has 0 heterocycles. The molecule has 5 heteroatoms. The van der Waals surface area contributed by atoms with E-state index in [1.807, 2.05) is 0 Å². The lowest BCUT2D eigenvalue weighted by molar-refractivity contribution is -0.139. The van der Waals surface area contributed by atoms with E-state index in [-0.39, 0.29) is 16.8 Å². The fourth-order valence-corrected chi connectivity index (χ4v) is 1.69. The van der Waals surface area contributed by atoms with Gasteiger partial charge in [-0.15, -0.1) is 0 Å². The van der Waals surface area contributed by atoms with E-state index < -0.39 is 12.0 Å². The van der Waals surface area contributed by atoms with Crippen molar-refractivity contribution < 1.29 is 15.0 Å². The number of nitrogens with one attached hydrogen (secondary N) is 1. The normalized spacial score (nSPS) is 17.1. The van der Waals surface area contributed by atoms with E-state index in [0.29, 0.717) is 5.56 Å². The predicted octanol–water partition coefficient (Wildman–Crippen LogP) is 1.92. The number of carboxylic acid groups (broad SMARTS) is 1. The van der Waals surface area contributed by atoms with E-state index in [9.17, 15) is 9.90 Å². The Morgan fingerprint density at radius 1 is 1.50 bits per heavy atom. The van der Waals surface area contributed by atoms with Crippen LogP contribution in [0.15, 0.2) is 18.2 Å². The van der Waals surface area contributed by atoms with Gasteiger partial charge in [-0.05, 0) is 30.5 Å². The van der Waals surface area contributed by atoms with Crippen LogP contribution in [0.1, 0.15) is 24.4 Å². The summed E-state index contributed by atoms with van der Waals surface area (Å²) < 4.78 is 0. The van der Waals surface area contributed by atoms with Crippen LogP contribution >= 0.6 is 11.6 Å². The van der Waals surface area contributed by atoms with Gasteiger partial charge in [-0.25, -0.2) is 0 Å². The minimum atomic E-state index is -0.936. The van der Waals surface area contributed by atoms with Crippen molar-refractivity contribution in [2.24, 2.45) is 0 Å². The van der Waals surface area contributed by atoms with E-state index in [1.54, 1.807) is 6.07 Å². The fourth-order valence-electron chi connectivity index (χ4n) is 1.50. The number of phenolic OH excluding ortho intramolecular Hbond substituents is 1. The molecule has 0 radical (unpaired) electrons. The second kappa shape index (κ2) is 4.31. The Morgan fingerprint density at radius 3 is 2.69 bits per heavy atom. The Labute approximate surface area is 97.9 Å². The fraction of sp³-hybridized carbons (Fsp3) is 0.364. The maximum Gasteiger partial charge on any atom is 0.325 e. The minimum absolute atomic E-state index is 0.0408. The molecule has 0 spiro atoms. The molecule has 1 saturated carbocycles. The summed E-state index contributed by atoms with van der Waals surface area (Å²) in [5.74, 6) is -0.977. The summed E-state index contributed by atoms with van der Waals surface area (Å²) in [4.78, 5) is 11.1. The van der Waals surface area contributed by atoms with Crippen molar-refractivity contribution in [1.82, 2.24) is 5.32 Å². The number of aliphatic carboxylic acids is 1. The Kier molecular flexibility index (Phi) is 3.03. The number of carboxylic acids is 1. The summed E-state index contributed by atoms with van der Waals surface area (Å²) in [5.41, 5.74) is 0.558. The molecule has 1 atom stereocenters. The first-order valence-electron chi connectivity index (χ1n) is 5.05. The van der Waals surface area contributed by atoms with Crippen LogP contribution in [0.25, 0.3) is 0 Å². The molecule has 0 saturated heterocycles. The third kappa shape index (κ3) is 2.46. The molecule has 4 nitrogen and oxygen atoms in total. The first-order chi connectivity index (χ1) is 7.58. The molecule has 3 N–H and O–H groups in total. The van der Waals surface area contributed by atoms with Gasteiger partial charge in [-0.2, -0.15) is 0 Å². The van der Waals surface area contributed by atoms with Crippen molar-refractivity contribution in [2.45, 2.75) is 24.9 Å². The van der Waals surface area contributed by atoms with Gasteiger partial charge in [-0.3, -0.25) is 10.1 Å². The zero-order chi connectivity index (χ0) is 11.7. The quantitative estimate of drug-likeness (QED) is 0.753. The van der Waals surface area contributed by atoms with E-state index in [1.165, 1.54) is 12.1 Å². The highest BCUT2D eigenvalue weighted by molar-refractivity contribution is 6.32. The summed E-state index contributed by atoms with van der Waals surface area (Å²) in [6.07, 6.45) is 2.02. The van der Waals surface area contributed by atoms with Crippen LogP contribution in [0.2, 0.25) is 5.02 Å². The topological polar surface area (TPSA) is 69.6 Å². The minimum Gasteiger partial charge on any atom is -0.506 e. The molecule has 0 aliphatic heterocycles. The van der Waals surface area contributed by atoms with Gasteiger partial charge in [-0.1, -0.05) is 17.7 Å². The smallest absolute Gasteiger partial charge is 0.325 e. The van der Waals surface area contributed by atoms with Crippen molar-refractivity contribution in [3.63, 3.8) is 0 Å². The van der Waals surface area contributed by atoms with Crippen molar-refractivity contribution in [3.8, 4) is 5.75 Å². The van der Waals surface area contributed by atoms with Crippen molar-refractivity contribution >= 4 is 17.6 Å². The van der Waals surface area contributed by atoms with Gasteiger partial charge in [0.05, 0.1) is 5.02 Å². The number of hydrogen-bond donors (Lipinski definition) is 3. The number of phenols is 1. The summed E-state index contributed by atoms with van der Waals surface area (Å²) in [7, 11) is 0. The summed E-state index contributed by atoms with van der Waals surface area (Å²) in [5, 5.41) is 21.5. The molecule has 1 aliphatic carbocycles. The molecule has 2 rings (SSSR count). The van der Waals surface area contributed by atoms with Crippen LogP contribution in [0.5, 0.6) is 5.75 Å². The zero-order valence-electron chi connectivity index (χ0n) is 8.48. The Hall–Kier alpha value is -1.26. The van der Waals surface area contributed by atoms with Crippen molar-refractivity contribution in [1.29, 1.82) is 0 Å². The average molecular weight is 242 g/mol. The van der Waals surface area contributed by atoms with Gasteiger partial charge in [0.2, 0.25) is 0 Å². The lowest BCUT2D eigenvalue weighted by Crippen LogP contribution is -2.30. The number of hydrogen-bond acceptors (Lipinski definition) is 3. The molecular weight excluding hydrogens is 230 g/mol. The molecule has 1 fully saturated rings. The lowest BCUT2D eigenvalue weighted by atomic mass is 10.1. The maximum absolute atomic E-state index is 11.1. The third-order valence-electron chi connectivity index (χ3n) is 2.53. The van der Waals surface area contributed by atoms with E-state index >= 15 is 0 Å². The molecular formula is C11H12ClNO3. The maximum atomic E-state index is 11.1. The van der Waals surface area contributed by atoms with Gasteiger partial charge in [0.1, 0.15) is 11.8 Å². The highest BCUT2D eigenvalue weighted by atomic mass is 35.5. The summed E-state index contributed by atoms with van der Waals surface area (Å²) in [6.45, 7) is 0. The van der Waals surface area contributed by atoms with Gasteiger partial charge < -0.3 is 10.2 Å². The molecule has 1 aliphatic rings. The molecule has 1 unspecified atom stereocenters. The van der Waals surface area contributed by atoms with Crippen LogP contribution in [-0.4, -0.2) is 22.2 Å². The summed E-state index contributed by atoms with van der Waals surface area (Å²) >= 11 is 5.74. The van der Waals surface area contributed by atoms with Crippen LogP contribution in [0.3, 0.4) is 0 Å². The molecule has 1 aromatic rings.